The number of pyridine rings is 1. The first-order chi connectivity index (χ1) is 12.5. The van der Waals surface area contributed by atoms with Crippen molar-refractivity contribution in [3.8, 4) is 0 Å². The Balaban J connectivity index is 1.64. The lowest BCUT2D eigenvalue weighted by Crippen LogP contribution is -2.36. The highest BCUT2D eigenvalue weighted by atomic mass is 35.5. The maximum atomic E-state index is 12.8. The van der Waals surface area contributed by atoms with Gasteiger partial charge in [-0.2, -0.15) is 0 Å². The van der Waals surface area contributed by atoms with E-state index in [1.54, 1.807) is 24.3 Å². The van der Waals surface area contributed by atoms with Crippen LogP contribution in [0.5, 0.6) is 0 Å². The minimum atomic E-state index is -0.705. The molecule has 2 aromatic rings. The lowest BCUT2D eigenvalue weighted by molar-refractivity contribution is -0.153. The van der Waals surface area contributed by atoms with E-state index < -0.39 is 11.3 Å². The number of nitrogens with one attached hydrogen (secondary N) is 1. The van der Waals surface area contributed by atoms with Crippen molar-refractivity contribution >= 4 is 40.9 Å². The van der Waals surface area contributed by atoms with Gasteiger partial charge >= 0.3 is 5.97 Å². The van der Waals surface area contributed by atoms with Gasteiger partial charge in [0.25, 0.3) is 5.91 Å². The Morgan fingerprint density at radius 3 is 2.31 bits per heavy atom. The molecule has 1 fully saturated rings. The van der Waals surface area contributed by atoms with Gasteiger partial charge < -0.3 is 10.1 Å². The summed E-state index contributed by atoms with van der Waals surface area (Å²) in [4.78, 5) is 28.8. The number of rotatable bonds is 5. The highest BCUT2D eigenvalue weighted by Gasteiger charge is 2.44. The summed E-state index contributed by atoms with van der Waals surface area (Å²) in [6.07, 6.45) is 4.72. The highest BCUT2D eigenvalue weighted by Crippen LogP contribution is 2.42. The molecule has 0 radical (unpaired) electrons. The summed E-state index contributed by atoms with van der Waals surface area (Å²) < 4.78 is 5.33. The number of hydrogen-bond acceptors (Lipinski definition) is 4. The zero-order chi connectivity index (χ0) is 18.6. The molecule has 1 aliphatic carbocycles. The predicted molar refractivity (Wildman–Crippen MR) is 100 cm³/mol. The van der Waals surface area contributed by atoms with Crippen LogP contribution < -0.4 is 5.32 Å². The van der Waals surface area contributed by atoms with Gasteiger partial charge in [0, 0.05) is 11.2 Å². The maximum absolute atomic E-state index is 12.8. The molecule has 26 heavy (non-hydrogen) atoms. The normalized spacial score (nSPS) is 15.5. The third-order valence-corrected chi connectivity index (χ3v) is 5.05. The molecule has 1 aromatic heterocycles. The fourth-order valence-corrected chi connectivity index (χ4v) is 3.49. The summed E-state index contributed by atoms with van der Waals surface area (Å²) >= 11 is 11.7. The molecule has 0 spiro atoms. The van der Waals surface area contributed by atoms with Gasteiger partial charge in [-0.3, -0.25) is 9.59 Å². The van der Waals surface area contributed by atoms with E-state index in [4.69, 9.17) is 27.9 Å². The molecule has 1 heterocycles. The smallest absolute Gasteiger partial charge is 0.317 e. The number of nitrogens with zero attached hydrogens (tertiary/aromatic N) is 1. The molecule has 7 heteroatoms. The van der Waals surface area contributed by atoms with Gasteiger partial charge in [0.2, 0.25) is 0 Å². The standard InChI is InChI=1S/C19H18Cl2N2O3/c20-14-5-3-13(4-6-14)19(9-1-2-10-19)18(25)26-12-17(24)23-16-8-7-15(21)11-22-16/h3-8,11H,1-2,9-10,12H2,(H,22,23,24). The minimum Gasteiger partial charge on any atom is -0.455 e. The highest BCUT2D eigenvalue weighted by molar-refractivity contribution is 6.30. The van der Waals surface area contributed by atoms with Gasteiger partial charge in [0.15, 0.2) is 6.61 Å². The van der Waals surface area contributed by atoms with Crippen LogP contribution in [0.4, 0.5) is 5.82 Å². The van der Waals surface area contributed by atoms with E-state index in [0.717, 1.165) is 18.4 Å². The zero-order valence-electron chi connectivity index (χ0n) is 14.0. The second kappa shape index (κ2) is 8.06. The van der Waals surface area contributed by atoms with Gasteiger partial charge in [0.05, 0.1) is 10.4 Å². The number of hydrogen-bond donors (Lipinski definition) is 1. The molecule has 5 nitrogen and oxygen atoms in total. The fraction of sp³-hybridized carbons (Fsp3) is 0.316. The first kappa shape index (κ1) is 18.7. The van der Waals surface area contributed by atoms with E-state index in [2.05, 4.69) is 10.3 Å². The molecule has 1 N–H and O–H groups in total. The van der Waals surface area contributed by atoms with Gasteiger partial charge in [0.1, 0.15) is 5.82 Å². The molecule has 1 aromatic carbocycles. The van der Waals surface area contributed by atoms with E-state index in [-0.39, 0.29) is 12.6 Å². The topological polar surface area (TPSA) is 68.3 Å². The molecule has 0 atom stereocenters. The van der Waals surface area contributed by atoms with Crippen molar-refractivity contribution in [2.45, 2.75) is 31.1 Å². The monoisotopic (exact) mass is 392 g/mol. The van der Waals surface area contributed by atoms with Crippen molar-refractivity contribution in [1.29, 1.82) is 0 Å². The first-order valence-corrected chi connectivity index (χ1v) is 9.10. The van der Waals surface area contributed by atoms with Crippen LogP contribution in [0.2, 0.25) is 10.0 Å². The van der Waals surface area contributed by atoms with Gasteiger partial charge in [-0.1, -0.05) is 48.2 Å². The van der Waals surface area contributed by atoms with Crippen molar-refractivity contribution < 1.29 is 14.3 Å². The lowest BCUT2D eigenvalue weighted by Gasteiger charge is -2.27. The van der Waals surface area contributed by atoms with E-state index in [1.165, 1.54) is 6.20 Å². The number of amides is 1. The van der Waals surface area contributed by atoms with Crippen LogP contribution in [0.25, 0.3) is 0 Å². The summed E-state index contributed by atoms with van der Waals surface area (Å²) in [6.45, 7) is -0.363. The van der Waals surface area contributed by atoms with Gasteiger partial charge in [-0.25, -0.2) is 4.98 Å². The van der Waals surface area contributed by atoms with E-state index >= 15 is 0 Å². The molecular weight excluding hydrogens is 375 g/mol. The number of carbonyl (C=O) groups is 2. The molecule has 136 valence electrons. The van der Waals surface area contributed by atoms with Crippen LogP contribution in [-0.4, -0.2) is 23.5 Å². The fourth-order valence-electron chi connectivity index (χ4n) is 3.26. The predicted octanol–water partition coefficient (Wildman–Crippen LogP) is 4.38. The zero-order valence-corrected chi connectivity index (χ0v) is 15.5. The second-order valence-electron chi connectivity index (χ2n) is 6.28. The molecule has 0 bridgehead atoms. The summed E-state index contributed by atoms with van der Waals surface area (Å²) in [6, 6.07) is 10.4. The van der Waals surface area contributed by atoms with E-state index in [9.17, 15) is 9.59 Å². The Morgan fingerprint density at radius 1 is 1.04 bits per heavy atom. The molecular formula is C19H18Cl2N2O3. The van der Waals surface area contributed by atoms with Crippen molar-refractivity contribution in [2.75, 3.05) is 11.9 Å². The van der Waals surface area contributed by atoms with Gasteiger partial charge in [-0.15, -0.1) is 0 Å². The van der Waals surface area contributed by atoms with E-state index in [0.29, 0.717) is 28.7 Å². The van der Waals surface area contributed by atoms with Gasteiger partial charge in [-0.05, 0) is 42.7 Å². The summed E-state index contributed by atoms with van der Waals surface area (Å²) in [5.74, 6) is -0.474. The largest absolute Gasteiger partial charge is 0.455 e. The molecule has 3 rings (SSSR count). The Bertz CT molecular complexity index is 785. The average Bonchev–Trinajstić information content (AvgIpc) is 3.13. The van der Waals surface area contributed by atoms with E-state index in [1.807, 2.05) is 12.1 Å². The quantitative estimate of drug-likeness (QED) is 0.766. The van der Waals surface area contributed by atoms with Crippen LogP contribution in [0.15, 0.2) is 42.6 Å². The maximum Gasteiger partial charge on any atom is 0.317 e. The Morgan fingerprint density at radius 2 is 1.69 bits per heavy atom. The van der Waals surface area contributed by atoms with Crippen molar-refractivity contribution in [3.63, 3.8) is 0 Å². The number of benzene rings is 1. The first-order valence-electron chi connectivity index (χ1n) is 8.34. The Hall–Kier alpha value is -2.11. The van der Waals surface area contributed by atoms with Crippen molar-refractivity contribution in [2.24, 2.45) is 0 Å². The number of esters is 1. The number of halogens is 2. The third kappa shape index (κ3) is 4.17. The lowest BCUT2D eigenvalue weighted by atomic mass is 9.79. The Labute approximate surface area is 161 Å². The number of ether oxygens (including phenoxy) is 1. The molecule has 0 aliphatic heterocycles. The van der Waals surface area contributed by atoms with Crippen LogP contribution in [-0.2, 0) is 19.7 Å². The average molecular weight is 393 g/mol. The summed E-state index contributed by atoms with van der Waals surface area (Å²) in [5.41, 5.74) is 0.174. The molecule has 0 saturated heterocycles. The van der Waals surface area contributed by atoms with Crippen LogP contribution in [0.1, 0.15) is 31.2 Å². The third-order valence-electron chi connectivity index (χ3n) is 4.57. The molecule has 1 saturated carbocycles. The number of carbonyl (C=O) groups excluding carboxylic acids is 2. The summed E-state index contributed by atoms with van der Waals surface area (Å²) in [5, 5.41) is 3.66. The van der Waals surface area contributed by atoms with Crippen LogP contribution in [0.3, 0.4) is 0 Å². The second-order valence-corrected chi connectivity index (χ2v) is 7.15. The summed E-state index contributed by atoms with van der Waals surface area (Å²) in [7, 11) is 0. The molecule has 1 aliphatic rings. The van der Waals surface area contributed by atoms with Crippen molar-refractivity contribution in [1.82, 2.24) is 4.98 Å². The molecule has 0 unspecified atom stereocenters. The van der Waals surface area contributed by atoms with Crippen LogP contribution in [0, 0.1) is 0 Å². The Kier molecular flexibility index (Phi) is 5.79. The van der Waals surface area contributed by atoms with Crippen molar-refractivity contribution in [3.05, 3.63) is 58.2 Å². The SMILES string of the molecule is O=C(COC(=O)C1(c2ccc(Cl)cc2)CCCC1)Nc1ccc(Cl)cn1. The molecule has 1 amide bonds. The minimum absolute atomic E-state index is 0.351. The van der Waals surface area contributed by atoms with Crippen LogP contribution >= 0.6 is 23.2 Å². The number of anilines is 1. The number of aromatic nitrogens is 1.